The van der Waals surface area contributed by atoms with Gasteiger partial charge in [0.25, 0.3) is 0 Å². The molecule has 1 fully saturated rings. The molecular weight excluding hydrogens is 322 g/mol. The molecule has 3 rings (SSSR count). The Labute approximate surface area is 156 Å². The van der Waals surface area contributed by atoms with Crippen molar-refractivity contribution < 1.29 is 9.53 Å². The standard InChI is InChI=1S/C23H29NO2/c25-23(17-16-21-14-8-18-26-21)24-22(20-12-5-2-6-13-20)15-7-11-19-9-3-1-4-10-19/h1-6,9-10,12-13,21-22H,7-8,11,14-18H2,(H,24,25). The summed E-state index contributed by atoms with van der Waals surface area (Å²) in [6.45, 7) is 0.846. The van der Waals surface area contributed by atoms with Crippen LogP contribution in [-0.2, 0) is 16.0 Å². The Morgan fingerprint density at radius 3 is 2.50 bits per heavy atom. The molecule has 0 bridgehead atoms. The van der Waals surface area contributed by atoms with Gasteiger partial charge in [-0.15, -0.1) is 0 Å². The third-order valence-electron chi connectivity index (χ3n) is 5.06. The van der Waals surface area contributed by atoms with E-state index in [1.165, 1.54) is 11.1 Å². The number of carbonyl (C=O) groups excluding carboxylic acids is 1. The molecule has 2 atom stereocenters. The number of nitrogens with one attached hydrogen (secondary N) is 1. The first-order valence-corrected chi connectivity index (χ1v) is 9.81. The van der Waals surface area contributed by atoms with E-state index in [0.29, 0.717) is 6.42 Å². The van der Waals surface area contributed by atoms with Crippen molar-refractivity contribution in [2.24, 2.45) is 0 Å². The van der Waals surface area contributed by atoms with Gasteiger partial charge in [0.2, 0.25) is 5.91 Å². The van der Waals surface area contributed by atoms with Crippen LogP contribution in [0.3, 0.4) is 0 Å². The number of amides is 1. The third kappa shape index (κ3) is 5.99. The van der Waals surface area contributed by atoms with Crippen molar-refractivity contribution in [3.63, 3.8) is 0 Å². The highest BCUT2D eigenvalue weighted by Crippen LogP contribution is 2.21. The average Bonchev–Trinajstić information content (AvgIpc) is 3.21. The summed E-state index contributed by atoms with van der Waals surface area (Å²) in [5.41, 5.74) is 2.54. The first kappa shape index (κ1) is 18.7. The zero-order valence-electron chi connectivity index (χ0n) is 15.4. The topological polar surface area (TPSA) is 38.3 Å². The molecule has 2 aromatic carbocycles. The molecule has 26 heavy (non-hydrogen) atoms. The number of carbonyl (C=O) groups is 1. The highest BCUT2D eigenvalue weighted by atomic mass is 16.5. The quantitative estimate of drug-likeness (QED) is 0.703. The smallest absolute Gasteiger partial charge is 0.220 e. The summed E-state index contributed by atoms with van der Waals surface area (Å²) in [6, 6.07) is 20.9. The molecule has 1 aliphatic rings. The molecule has 138 valence electrons. The fourth-order valence-corrected chi connectivity index (χ4v) is 3.59. The summed E-state index contributed by atoms with van der Waals surface area (Å²) in [6.07, 6.45) is 6.90. The first-order valence-electron chi connectivity index (χ1n) is 9.81. The van der Waals surface area contributed by atoms with Gasteiger partial charge in [0, 0.05) is 13.0 Å². The second-order valence-corrected chi connectivity index (χ2v) is 7.08. The van der Waals surface area contributed by atoms with E-state index in [-0.39, 0.29) is 18.1 Å². The predicted molar refractivity (Wildman–Crippen MR) is 105 cm³/mol. The number of hydrogen-bond acceptors (Lipinski definition) is 2. The highest BCUT2D eigenvalue weighted by molar-refractivity contribution is 5.76. The summed E-state index contributed by atoms with van der Waals surface area (Å²) < 4.78 is 5.63. The van der Waals surface area contributed by atoms with E-state index in [0.717, 1.165) is 45.1 Å². The van der Waals surface area contributed by atoms with Crippen LogP contribution in [0.25, 0.3) is 0 Å². The van der Waals surface area contributed by atoms with Gasteiger partial charge in [-0.25, -0.2) is 0 Å². The van der Waals surface area contributed by atoms with Crippen molar-refractivity contribution in [3.05, 3.63) is 71.8 Å². The second kappa shape index (κ2) is 10.1. The van der Waals surface area contributed by atoms with Crippen molar-refractivity contribution in [2.45, 2.75) is 57.1 Å². The van der Waals surface area contributed by atoms with Gasteiger partial charge in [-0.3, -0.25) is 4.79 Å². The molecule has 1 heterocycles. The van der Waals surface area contributed by atoms with E-state index in [2.05, 4.69) is 41.7 Å². The van der Waals surface area contributed by atoms with Gasteiger partial charge in [-0.2, -0.15) is 0 Å². The molecule has 1 saturated heterocycles. The third-order valence-corrected chi connectivity index (χ3v) is 5.06. The molecular formula is C23H29NO2. The summed E-state index contributed by atoms with van der Waals surface area (Å²) >= 11 is 0. The van der Waals surface area contributed by atoms with Crippen LogP contribution >= 0.6 is 0 Å². The minimum Gasteiger partial charge on any atom is -0.378 e. The predicted octanol–water partition coefficient (Wildman–Crippen LogP) is 4.83. The lowest BCUT2D eigenvalue weighted by atomic mass is 9.98. The first-order chi connectivity index (χ1) is 12.8. The number of rotatable bonds is 9. The second-order valence-electron chi connectivity index (χ2n) is 7.08. The van der Waals surface area contributed by atoms with Crippen LogP contribution in [0.1, 0.15) is 55.7 Å². The molecule has 0 spiro atoms. The lowest BCUT2D eigenvalue weighted by Gasteiger charge is -2.20. The number of benzene rings is 2. The van der Waals surface area contributed by atoms with Crippen LogP contribution in [0, 0.1) is 0 Å². The monoisotopic (exact) mass is 351 g/mol. The zero-order chi connectivity index (χ0) is 18.0. The van der Waals surface area contributed by atoms with Crippen LogP contribution < -0.4 is 5.32 Å². The van der Waals surface area contributed by atoms with E-state index < -0.39 is 0 Å². The van der Waals surface area contributed by atoms with Crippen molar-refractivity contribution in [3.8, 4) is 0 Å². The van der Waals surface area contributed by atoms with Gasteiger partial charge >= 0.3 is 0 Å². The number of ether oxygens (including phenoxy) is 1. The van der Waals surface area contributed by atoms with Crippen molar-refractivity contribution in [1.82, 2.24) is 5.32 Å². The van der Waals surface area contributed by atoms with Crippen LogP contribution in [0.2, 0.25) is 0 Å². The Morgan fingerprint density at radius 1 is 1.08 bits per heavy atom. The van der Waals surface area contributed by atoms with Crippen molar-refractivity contribution >= 4 is 5.91 Å². The van der Waals surface area contributed by atoms with Crippen molar-refractivity contribution in [1.29, 1.82) is 0 Å². The lowest BCUT2D eigenvalue weighted by Crippen LogP contribution is -2.29. The van der Waals surface area contributed by atoms with Crippen LogP contribution in [0.5, 0.6) is 0 Å². The fourth-order valence-electron chi connectivity index (χ4n) is 3.59. The molecule has 2 aromatic rings. The average molecular weight is 351 g/mol. The Balaban J connectivity index is 1.52. The SMILES string of the molecule is O=C(CCC1CCCO1)NC(CCCc1ccccc1)c1ccccc1. The Morgan fingerprint density at radius 2 is 1.81 bits per heavy atom. The van der Waals surface area contributed by atoms with Crippen molar-refractivity contribution in [2.75, 3.05) is 6.61 Å². The maximum Gasteiger partial charge on any atom is 0.220 e. The molecule has 0 aromatic heterocycles. The van der Waals surface area contributed by atoms with E-state index >= 15 is 0 Å². The van der Waals surface area contributed by atoms with Crippen LogP contribution in [-0.4, -0.2) is 18.6 Å². The van der Waals surface area contributed by atoms with Crippen LogP contribution in [0.15, 0.2) is 60.7 Å². The Kier molecular flexibility index (Phi) is 7.26. The minimum absolute atomic E-state index is 0.0805. The maximum atomic E-state index is 12.4. The Hall–Kier alpha value is -2.13. The summed E-state index contributed by atoms with van der Waals surface area (Å²) in [5, 5.41) is 3.25. The van der Waals surface area contributed by atoms with Gasteiger partial charge in [0.15, 0.2) is 0 Å². The summed E-state index contributed by atoms with van der Waals surface area (Å²) in [7, 11) is 0. The van der Waals surface area contributed by atoms with E-state index in [1.807, 2.05) is 24.3 Å². The molecule has 0 radical (unpaired) electrons. The number of aryl methyl sites for hydroxylation is 1. The van der Waals surface area contributed by atoms with E-state index in [1.54, 1.807) is 0 Å². The van der Waals surface area contributed by atoms with Gasteiger partial charge in [0.1, 0.15) is 0 Å². The van der Waals surface area contributed by atoms with Gasteiger partial charge in [0.05, 0.1) is 12.1 Å². The minimum atomic E-state index is 0.0805. The summed E-state index contributed by atoms with van der Waals surface area (Å²) in [5.74, 6) is 0.133. The highest BCUT2D eigenvalue weighted by Gasteiger charge is 2.19. The fraction of sp³-hybridized carbons (Fsp3) is 0.435. The van der Waals surface area contributed by atoms with E-state index in [9.17, 15) is 4.79 Å². The Bertz CT molecular complexity index is 650. The maximum absolute atomic E-state index is 12.4. The molecule has 0 aliphatic carbocycles. The molecule has 1 aliphatic heterocycles. The molecule has 0 saturated carbocycles. The van der Waals surface area contributed by atoms with Gasteiger partial charge < -0.3 is 10.1 Å². The van der Waals surface area contributed by atoms with Gasteiger partial charge in [-0.1, -0.05) is 60.7 Å². The molecule has 3 heteroatoms. The molecule has 1 amide bonds. The molecule has 1 N–H and O–H groups in total. The lowest BCUT2D eigenvalue weighted by molar-refractivity contribution is -0.122. The normalized spacial score (nSPS) is 17.8. The van der Waals surface area contributed by atoms with E-state index in [4.69, 9.17) is 4.74 Å². The molecule has 3 nitrogen and oxygen atoms in total. The molecule has 2 unspecified atom stereocenters. The van der Waals surface area contributed by atoms with Crippen LogP contribution in [0.4, 0.5) is 0 Å². The number of hydrogen-bond donors (Lipinski definition) is 1. The zero-order valence-corrected chi connectivity index (χ0v) is 15.4. The summed E-state index contributed by atoms with van der Waals surface area (Å²) in [4.78, 5) is 12.4. The van der Waals surface area contributed by atoms with Gasteiger partial charge in [-0.05, 0) is 49.7 Å². The largest absolute Gasteiger partial charge is 0.378 e.